The molecule has 0 spiro atoms. The first kappa shape index (κ1) is 29.8. The summed E-state index contributed by atoms with van der Waals surface area (Å²) in [6.45, 7) is 1.35. The summed E-state index contributed by atoms with van der Waals surface area (Å²) in [5, 5.41) is 0. The number of likely N-dealkylation sites (N-methyl/N-ethyl adjacent to an activating group) is 1. The number of anilines is 1. The average molecular weight is 569 g/mol. The van der Waals surface area contributed by atoms with Gasteiger partial charge in [0.15, 0.2) is 11.9 Å². The van der Waals surface area contributed by atoms with E-state index in [4.69, 9.17) is 9.47 Å². The molecule has 41 heavy (non-hydrogen) atoms. The molecular weight excluding hydrogens is 537 g/mol. The molecule has 0 N–H and O–H groups in total. The van der Waals surface area contributed by atoms with Gasteiger partial charge in [-0.2, -0.15) is 13.2 Å². The molecule has 3 aromatic rings. The Kier molecular flexibility index (Phi) is 9.12. The van der Waals surface area contributed by atoms with Crippen LogP contribution in [0.3, 0.4) is 0 Å². The van der Waals surface area contributed by atoms with E-state index in [-0.39, 0.29) is 43.1 Å². The van der Waals surface area contributed by atoms with E-state index in [1.807, 2.05) is 0 Å². The number of methoxy groups -OCH3 is 1. The Morgan fingerprint density at radius 2 is 1.68 bits per heavy atom. The molecule has 0 saturated carbocycles. The van der Waals surface area contributed by atoms with E-state index in [1.165, 1.54) is 24.1 Å². The van der Waals surface area contributed by atoms with Crippen LogP contribution in [0.25, 0.3) is 0 Å². The molecule has 4 rings (SSSR count). The summed E-state index contributed by atoms with van der Waals surface area (Å²) < 4.78 is 53.4. The maximum absolute atomic E-state index is 14.2. The van der Waals surface area contributed by atoms with Crippen molar-refractivity contribution in [1.29, 1.82) is 0 Å². The highest BCUT2D eigenvalue weighted by molar-refractivity contribution is 6.00. The van der Waals surface area contributed by atoms with Gasteiger partial charge in [-0.05, 0) is 48.9 Å². The highest BCUT2D eigenvalue weighted by Gasteiger charge is 2.44. The normalized spacial score (nSPS) is 17.1. The molecular formula is C31H31F3N2O5. The first-order valence-corrected chi connectivity index (χ1v) is 13.1. The number of nitrogens with zero attached hydrogens (tertiary/aromatic N) is 2. The number of carbonyl (C=O) groups is 3. The molecule has 0 fully saturated rings. The van der Waals surface area contributed by atoms with Crippen molar-refractivity contribution in [3.8, 4) is 5.75 Å². The maximum atomic E-state index is 14.2. The van der Waals surface area contributed by atoms with Gasteiger partial charge in [0, 0.05) is 37.2 Å². The largest absolute Gasteiger partial charge is 0.497 e. The number of rotatable bonds is 9. The van der Waals surface area contributed by atoms with Gasteiger partial charge in [0.25, 0.3) is 5.91 Å². The van der Waals surface area contributed by atoms with Crippen molar-refractivity contribution in [2.75, 3.05) is 38.7 Å². The molecule has 1 heterocycles. The van der Waals surface area contributed by atoms with E-state index in [9.17, 15) is 27.6 Å². The monoisotopic (exact) mass is 568 g/mol. The fourth-order valence-electron chi connectivity index (χ4n) is 5.07. The number of carbonyl (C=O) groups excluding carboxylic acids is 3. The Balaban J connectivity index is 1.72. The van der Waals surface area contributed by atoms with E-state index in [0.717, 1.165) is 13.0 Å². The number of ketones is 1. The summed E-state index contributed by atoms with van der Waals surface area (Å²) in [4.78, 5) is 41.8. The average Bonchev–Trinajstić information content (AvgIpc) is 3.05. The number of hydrogen-bond acceptors (Lipinski definition) is 6. The van der Waals surface area contributed by atoms with Crippen molar-refractivity contribution in [2.45, 2.75) is 31.5 Å². The third kappa shape index (κ3) is 6.94. The van der Waals surface area contributed by atoms with Gasteiger partial charge in [-0.15, -0.1) is 0 Å². The van der Waals surface area contributed by atoms with Gasteiger partial charge >= 0.3 is 12.1 Å². The van der Waals surface area contributed by atoms with Crippen molar-refractivity contribution >= 4 is 23.3 Å². The summed E-state index contributed by atoms with van der Waals surface area (Å²) >= 11 is 0. The van der Waals surface area contributed by atoms with E-state index in [2.05, 4.69) is 0 Å². The number of amides is 1. The van der Waals surface area contributed by atoms with Crippen LogP contribution >= 0.6 is 0 Å². The lowest BCUT2D eigenvalue weighted by Gasteiger charge is -2.29. The number of hydrogen-bond donors (Lipinski definition) is 0. The SMILES string of the molecule is COc1ccc([C@@H]2Cc3c(cccc3C(F)(F)F)N(CCN(C)CC(=O)c3ccccc3)C(=O)[C@@H]2OC(C)=O)cc1. The third-order valence-corrected chi connectivity index (χ3v) is 7.10. The lowest BCUT2D eigenvalue weighted by molar-refractivity contribution is -0.154. The van der Waals surface area contributed by atoms with Crippen molar-refractivity contribution in [3.05, 3.63) is 95.1 Å². The van der Waals surface area contributed by atoms with Gasteiger partial charge in [-0.1, -0.05) is 48.5 Å². The van der Waals surface area contributed by atoms with Gasteiger partial charge in [0.05, 0.1) is 19.2 Å². The number of Topliss-reactive ketones (excluding diaryl/α,β-unsaturated/α-hetero) is 1. The lowest BCUT2D eigenvalue weighted by Crippen LogP contribution is -2.46. The van der Waals surface area contributed by atoms with Crippen molar-refractivity contribution in [3.63, 3.8) is 0 Å². The third-order valence-electron chi connectivity index (χ3n) is 7.10. The summed E-state index contributed by atoms with van der Waals surface area (Å²) in [6.07, 6.45) is -6.24. The summed E-state index contributed by atoms with van der Waals surface area (Å²) in [7, 11) is 3.18. The zero-order valence-corrected chi connectivity index (χ0v) is 23.0. The second kappa shape index (κ2) is 12.6. The van der Waals surface area contributed by atoms with Crippen molar-refractivity contribution in [1.82, 2.24) is 4.90 Å². The van der Waals surface area contributed by atoms with Gasteiger partial charge < -0.3 is 14.4 Å². The standard InChI is InChI=1S/C31H31F3N2O5/c1-20(37)41-29-24(21-12-14-23(40-3)15-13-21)18-25-26(31(32,33)34)10-7-11-27(25)36(30(29)39)17-16-35(2)19-28(38)22-8-5-4-6-9-22/h4-15,24,29H,16-19H2,1-3H3/t24-,29+/m0/s1. The first-order chi connectivity index (χ1) is 19.5. The molecule has 2 atom stereocenters. The second-order valence-corrected chi connectivity index (χ2v) is 9.93. The summed E-state index contributed by atoms with van der Waals surface area (Å²) in [5.41, 5.74) is 0.235. The van der Waals surface area contributed by atoms with Crippen molar-refractivity contribution in [2.24, 2.45) is 0 Å². The number of fused-ring (bicyclic) bond motifs is 1. The van der Waals surface area contributed by atoms with Crippen LogP contribution in [0.15, 0.2) is 72.8 Å². The molecule has 10 heteroatoms. The van der Waals surface area contributed by atoms with Gasteiger partial charge in [0.2, 0.25) is 0 Å². The minimum absolute atomic E-state index is 0.0290. The molecule has 1 aliphatic rings. The quantitative estimate of drug-likeness (QED) is 0.263. The highest BCUT2D eigenvalue weighted by Crippen LogP contribution is 2.43. The van der Waals surface area contributed by atoms with E-state index in [0.29, 0.717) is 16.9 Å². The Hall–Kier alpha value is -4.18. The zero-order chi connectivity index (χ0) is 29.7. The molecule has 0 bridgehead atoms. The topological polar surface area (TPSA) is 76.2 Å². The smallest absolute Gasteiger partial charge is 0.416 e. The lowest BCUT2D eigenvalue weighted by atomic mass is 9.86. The minimum atomic E-state index is -4.68. The molecule has 0 saturated heterocycles. The molecule has 0 unspecified atom stereocenters. The molecule has 1 amide bonds. The Morgan fingerprint density at radius 3 is 2.29 bits per heavy atom. The van der Waals surface area contributed by atoms with Crippen LogP contribution in [0, 0.1) is 0 Å². The predicted molar refractivity (Wildman–Crippen MR) is 147 cm³/mol. The number of ether oxygens (including phenoxy) is 2. The molecule has 0 aliphatic carbocycles. The number of esters is 1. The van der Waals surface area contributed by atoms with Crippen LogP contribution in [0.5, 0.6) is 5.75 Å². The molecule has 1 aliphatic heterocycles. The van der Waals surface area contributed by atoms with E-state index >= 15 is 0 Å². The van der Waals surface area contributed by atoms with E-state index in [1.54, 1.807) is 66.5 Å². The van der Waals surface area contributed by atoms with E-state index < -0.39 is 35.6 Å². The van der Waals surface area contributed by atoms with Gasteiger partial charge in [-0.3, -0.25) is 19.3 Å². The van der Waals surface area contributed by atoms with Crippen LogP contribution in [-0.2, 0) is 26.9 Å². The van der Waals surface area contributed by atoms with Crippen LogP contribution < -0.4 is 9.64 Å². The highest BCUT2D eigenvalue weighted by atomic mass is 19.4. The predicted octanol–water partition coefficient (Wildman–Crippen LogP) is 5.13. The molecule has 3 aromatic carbocycles. The maximum Gasteiger partial charge on any atom is 0.416 e. The van der Waals surface area contributed by atoms with Crippen LogP contribution in [0.2, 0.25) is 0 Å². The fourth-order valence-corrected chi connectivity index (χ4v) is 5.07. The van der Waals surface area contributed by atoms with Crippen molar-refractivity contribution < 1.29 is 37.0 Å². The van der Waals surface area contributed by atoms with Crippen LogP contribution in [-0.4, -0.2) is 62.5 Å². The van der Waals surface area contributed by atoms with Crippen LogP contribution in [0.1, 0.15) is 39.9 Å². The Labute approximate surface area is 236 Å². The number of benzene rings is 3. The zero-order valence-electron chi connectivity index (χ0n) is 23.0. The van der Waals surface area contributed by atoms with Gasteiger partial charge in [-0.25, -0.2) is 0 Å². The molecule has 7 nitrogen and oxygen atoms in total. The summed E-state index contributed by atoms with van der Waals surface area (Å²) in [6, 6.07) is 19.0. The van der Waals surface area contributed by atoms with Crippen LogP contribution in [0.4, 0.5) is 18.9 Å². The summed E-state index contributed by atoms with van der Waals surface area (Å²) in [5.74, 6) is -1.85. The number of alkyl halides is 3. The molecule has 216 valence electrons. The fraction of sp³-hybridized carbons (Fsp3) is 0.323. The molecule has 0 radical (unpaired) electrons. The first-order valence-electron chi connectivity index (χ1n) is 13.1. The molecule has 0 aromatic heterocycles. The minimum Gasteiger partial charge on any atom is -0.497 e. The van der Waals surface area contributed by atoms with Gasteiger partial charge in [0.1, 0.15) is 5.75 Å². The Bertz CT molecular complexity index is 1390. The second-order valence-electron chi connectivity index (χ2n) is 9.93. The number of halogens is 3. The Morgan fingerprint density at radius 1 is 1.00 bits per heavy atom.